The molecule has 0 atom stereocenters. The molecule has 0 fully saturated rings. The van der Waals surface area contributed by atoms with Crippen LogP contribution in [0.25, 0.3) is 0 Å². The van der Waals surface area contributed by atoms with Crippen LogP contribution in [0.4, 0.5) is 0 Å². The van der Waals surface area contributed by atoms with E-state index in [4.69, 9.17) is 18.9 Å². The van der Waals surface area contributed by atoms with Crippen LogP contribution in [0.3, 0.4) is 0 Å². The molecule has 0 saturated heterocycles. The number of hydrogen-bond acceptors (Lipinski definition) is 5. The zero-order chi connectivity index (χ0) is 15.6. The third-order valence-electron chi connectivity index (χ3n) is 2.69. The minimum atomic E-state index is 0.585. The molecule has 0 aromatic heterocycles. The van der Waals surface area contributed by atoms with E-state index in [-0.39, 0.29) is 0 Å². The van der Waals surface area contributed by atoms with Gasteiger partial charge in [-0.25, -0.2) is 0 Å². The lowest BCUT2D eigenvalue weighted by molar-refractivity contribution is 0.0000624. The van der Waals surface area contributed by atoms with E-state index in [0.717, 1.165) is 31.7 Å². The predicted molar refractivity (Wildman–Crippen MR) is 85.9 cm³/mol. The molecule has 0 saturated carbocycles. The van der Waals surface area contributed by atoms with Gasteiger partial charge in [0.2, 0.25) is 0 Å². The van der Waals surface area contributed by atoms with E-state index >= 15 is 0 Å². The summed E-state index contributed by atoms with van der Waals surface area (Å²) in [6.45, 7) is 15.0. The van der Waals surface area contributed by atoms with Crippen LogP contribution in [-0.4, -0.2) is 65.9 Å². The van der Waals surface area contributed by atoms with Gasteiger partial charge in [-0.15, -0.1) is 0 Å². The van der Waals surface area contributed by atoms with E-state index in [2.05, 4.69) is 25.7 Å². The molecular formula is C16H33NO4. The fraction of sp³-hybridized carbons (Fsp3) is 0.875. The normalized spacial score (nSPS) is 11.0. The summed E-state index contributed by atoms with van der Waals surface area (Å²) >= 11 is 0. The van der Waals surface area contributed by atoms with E-state index in [0.29, 0.717) is 46.2 Å². The molecule has 0 bridgehead atoms. The van der Waals surface area contributed by atoms with Gasteiger partial charge in [0.05, 0.1) is 46.2 Å². The summed E-state index contributed by atoms with van der Waals surface area (Å²) in [6.07, 6.45) is 2.28. The number of ether oxygens (including phenoxy) is 4. The van der Waals surface area contributed by atoms with Crippen LogP contribution >= 0.6 is 0 Å². The van der Waals surface area contributed by atoms with Crippen LogP contribution in [0.15, 0.2) is 12.2 Å². The molecule has 0 spiro atoms. The van der Waals surface area contributed by atoms with Gasteiger partial charge >= 0.3 is 0 Å². The molecule has 5 nitrogen and oxygen atoms in total. The van der Waals surface area contributed by atoms with Gasteiger partial charge in [0.25, 0.3) is 0 Å². The molecule has 0 heterocycles. The molecule has 0 aliphatic heterocycles. The minimum Gasteiger partial charge on any atom is -0.379 e. The highest BCUT2D eigenvalue weighted by molar-refractivity contribution is 4.96. The second kappa shape index (κ2) is 17.6. The first kappa shape index (κ1) is 20.5. The molecule has 21 heavy (non-hydrogen) atoms. The van der Waals surface area contributed by atoms with Crippen LogP contribution < -0.4 is 5.32 Å². The number of likely N-dealkylation sites (N-methyl/N-ethyl adjacent to an activating group) is 1. The zero-order valence-corrected chi connectivity index (χ0v) is 13.8. The highest BCUT2D eigenvalue weighted by atomic mass is 16.6. The maximum absolute atomic E-state index is 5.45. The summed E-state index contributed by atoms with van der Waals surface area (Å²) in [6, 6.07) is 0. The van der Waals surface area contributed by atoms with Crippen molar-refractivity contribution in [1.29, 1.82) is 0 Å². The van der Waals surface area contributed by atoms with Crippen molar-refractivity contribution in [1.82, 2.24) is 5.32 Å². The molecule has 126 valence electrons. The first-order valence-corrected chi connectivity index (χ1v) is 7.99. The molecular weight excluding hydrogens is 270 g/mol. The van der Waals surface area contributed by atoms with Gasteiger partial charge in [-0.2, -0.15) is 0 Å². The van der Waals surface area contributed by atoms with Crippen molar-refractivity contribution in [2.75, 3.05) is 65.9 Å². The smallest absolute Gasteiger partial charge is 0.0704 e. The standard InChI is InChI=1S/C16H33NO4/c1-4-6-7-18-8-9-19-10-11-20-12-13-21-15-16(3)14-17-5-2/h17H,3-15H2,1-2H3. The monoisotopic (exact) mass is 303 g/mol. The summed E-state index contributed by atoms with van der Waals surface area (Å²) in [5.41, 5.74) is 1.06. The van der Waals surface area contributed by atoms with Gasteiger partial charge in [-0.05, 0) is 18.5 Å². The van der Waals surface area contributed by atoms with Crippen molar-refractivity contribution >= 4 is 0 Å². The summed E-state index contributed by atoms with van der Waals surface area (Å²) in [5.74, 6) is 0. The van der Waals surface area contributed by atoms with E-state index in [1.54, 1.807) is 0 Å². The number of nitrogens with one attached hydrogen (secondary N) is 1. The van der Waals surface area contributed by atoms with Crippen LogP contribution in [0.1, 0.15) is 26.7 Å². The highest BCUT2D eigenvalue weighted by Crippen LogP contribution is 1.90. The maximum atomic E-state index is 5.45. The Kier molecular flexibility index (Phi) is 17.2. The third-order valence-corrected chi connectivity index (χ3v) is 2.69. The van der Waals surface area contributed by atoms with Crippen LogP contribution in [0, 0.1) is 0 Å². The lowest BCUT2D eigenvalue weighted by Crippen LogP contribution is -2.19. The molecule has 1 N–H and O–H groups in total. The molecule has 5 heteroatoms. The van der Waals surface area contributed by atoms with Crippen molar-refractivity contribution in [2.24, 2.45) is 0 Å². The molecule has 0 amide bonds. The Morgan fingerprint density at radius 2 is 1.33 bits per heavy atom. The van der Waals surface area contributed by atoms with E-state index in [1.165, 1.54) is 6.42 Å². The molecule has 0 unspecified atom stereocenters. The Balaban J connectivity index is 3.04. The van der Waals surface area contributed by atoms with Crippen LogP contribution in [0.5, 0.6) is 0 Å². The Morgan fingerprint density at radius 3 is 1.86 bits per heavy atom. The molecule has 0 aliphatic rings. The van der Waals surface area contributed by atoms with Crippen LogP contribution in [0.2, 0.25) is 0 Å². The number of hydrogen-bond donors (Lipinski definition) is 1. The van der Waals surface area contributed by atoms with Crippen molar-refractivity contribution in [3.63, 3.8) is 0 Å². The van der Waals surface area contributed by atoms with E-state index < -0.39 is 0 Å². The Hall–Kier alpha value is -0.460. The van der Waals surface area contributed by atoms with Gasteiger partial charge < -0.3 is 24.3 Å². The number of unbranched alkanes of at least 4 members (excludes halogenated alkanes) is 1. The first-order valence-electron chi connectivity index (χ1n) is 7.99. The summed E-state index contributed by atoms with van der Waals surface area (Å²) in [7, 11) is 0. The van der Waals surface area contributed by atoms with Gasteiger partial charge in [0.15, 0.2) is 0 Å². The first-order chi connectivity index (χ1) is 10.3. The van der Waals surface area contributed by atoms with Gasteiger partial charge in [-0.1, -0.05) is 26.8 Å². The second-order valence-electron chi connectivity index (χ2n) is 4.77. The third kappa shape index (κ3) is 17.5. The van der Waals surface area contributed by atoms with Crippen molar-refractivity contribution < 1.29 is 18.9 Å². The highest BCUT2D eigenvalue weighted by Gasteiger charge is 1.95. The Labute approximate surface area is 130 Å². The average molecular weight is 303 g/mol. The van der Waals surface area contributed by atoms with Gasteiger partial charge in [0, 0.05) is 13.2 Å². The molecule has 0 aromatic carbocycles. The van der Waals surface area contributed by atoms with Crippen molar-refractivity contribution in [3.8, 4) is 0 Å². The quantitative estimate of drug-likeness (QED) is 0.329. The minimum absolute atomic E-state index is 0.585. The molecule has 0 aliphatic carbocycles. The van der Waals surface area contributed by atoms with Crippen molar-refractivity contribution in [3.05, 3.63) is 12.2 Å². The van der Waals surface area contributed by atoms with E-state index in [1.807, 2.05) is 0 Å². The zero-order valence-electron chi connectivity index (χ0n) is 13.8. The summed E-state index contributed by atoms with van der Waals surface area (Å²) in [5, 5.41) is 3.21. The van der Waals surface area contributed by atoms with Gasteiger partial charge in [0.1, 0.15) is 0 Å². The van der Waals surface area contributed by atoms with Gasteiger partial charge in [-0.3, -0.25) is 0 Å². The maximum Gasteiger partial charge on any atom is 0.0704 e. The SMILES string of the molecule is C=C(CNCC)COCCOCCOCCOCCCC. The summed E-state index contributed by atoms with van der Waals surface area (Å²) < 4.78 is 21.6. The predicted octanol–water partition coefficient (Wildman–Crippen LogP) is 2.02. The summed E-state index contributed by atoms with van der Waals surface area (Å²) in [4.78, 5) is 0. The lowest BCUT2D eigenvalue weighted by Gasteiger charge is -2.09. The van der Waals surface area contributed by atoms with E-state index in [9.17, 15) is 0 Å². The largest absolute Gasteiger partial charge is 0.379 e. The number of rotatable bonds is 17. The lowest BCUT2D eigenvalue weighted by atomic mass is 10.3. The fourth-order valence-electron chi connectivity index (χ4n) is 1.48. The van der Waals surface area contributed by atoms with Crippen molar-refractivity contribution in [2.45, 2.75) is 26.7 Å². The molecule has 0 radical (unpaired) electrons. The topological polar surface area (TPSA) is 49.0 Å². The fourth-order valence-corrected chi connectivity index (χ4v) is 1.48. The van der Waals surface area contributed by atoms with Crippen LogP contribution in [-0.2, 0) is 18.9 Å². The molecule has 0 rings (SSSR count). The second-order valence-corrected chi connectivity index (χ2v) is 4.77. The Bertz CT molecular complexity index is 224. The Morgan fingerprint density at radius 1 is 0.810 bits per heavy atom. The molecule has 0 aromatic rings. The average Bonchev–Trinajstić information content (AvgIpc) is 2.49.